The number of anilines is 1. The number of benzene rings is 2. The lowest BCUT2D eigenvalue weighted by Gasteiger charge is -2.25. The highest BCUT2D eigenvalue weighted by molar-refractivity contribution is 6.11. The predicted molar refractivity (Wildman–Crippen MR) is 109 cm³/mol. The standard InChI is InChI=1S/C22H20N4O3/c1-2-22(15-8-4-3-5-9-15)20(28)26(21(29)25-22)14-19(27)24-18-12-6-11-17-16(18)10-7-13-23-17/h3-13H,2,14H2,1H3,(H,24,27)(H,25,29)/t22-/m0/s1. The van der Waals surface area contributed by atoms with Crippen LogP contribution < -0.4 is 10.6 Å². The van der Waals surface area contributed by atoms with Crippen LogP contribution in [0.5, 0.6) is 0 Å². The largest absolute Gasteiger partial charge is 0.325 e. The number of hydrogen-bond donors (Lipinski definition) is 2. The van der Waals surface area contributed by atoms with Crippen LogP contribution in [0, 0.1) is 0 Å². The van der Waals surface area contributed by atoms with Gasteiger partial charge in [0.25, 0.3) is 5.91 Å². The molecule has 0 saturated carbocycles. The summed E-state index contributed by atoms with van der Waals surface area (Å²) in [6.45, 7) is 1.47. The van der Waals surface area contributed by atoms with E-state index in [9.17, 15) is 14.4 Å². The van der Waals surface area contributed by atoms with Crippen LogP contribution >= 0.6 is 0 Å². The van der Waals surface area contributed by atoms with Gasteiger partial charge in [-0.3, -0.25) is 19.5 Å². The Labute approximate surface area is 167 Å². The van der Waals surface area contributed by atoms with Crippen molar-refractivity contribution in [3.63, 3.8) is 0 Å². The van der Waals surface area contributed by atoms with E-state index in [4.69, 9.17) is 0 Å². The third kappa shape index (κ3) is 3.20. The first kappa shape index (κ1) is 18.6. The Bertz CT molecular complexity index is 1090. The van der Waals surface area contributed by atoms with Gasteiger partial charge in [-0.15, -0.1) is 0 Å². The van der Waals surface area contributed by atoms with Gasteiger partial charge < -0.3 is 10.6 Å². The number of nitrogens with zero attached hydrogens (tertiary/aromatic N) is 2. The molecule has 0 radical (unpaired) electrons. The van der Waals surface area contributed by atoms with E-state index < -0.39 is 23.4 Å². The Hall–Kier alpha value is -3.74. The minimum Gasteiger partial charge on any atom is -0.324 e. The molecule has 2 heterocycles. The minimum atomic E-state index is -1.15. The third-order valence-corrected chi connectivity index (χ3v) is 5.19. The second-order valence-electron chi connectivity index (χ2n) is 6.87. The van der Waals surface area contributed by atoms with Crippen molar-refractivity contribution >= 4 is 34.4 Å². The molecular weight excluding hydrogens is 368 g/mol. The number of fused-ring (bicyclic) bond motifs is 1. The molecule has 146 valence electrons. The van der Waals surface area contributed by atoms with E-state index in [0.29, 0.717) is 17.7 Å². The maximum atomic E-state index is 13.1. The number of imide groups is 1. The Morgan fingerprint density at radius 1 is 1.07 bits per heavy atom. The molecule has 0 bridgehead atoms. The van der Waals surface area contributed by atoms with Crippen LogP contribution in [0.2, 0.25) is 0 Å². The number of hydrogen-bond acceptors (Lipinski definition) is 4. The zero-order chi connectivity index (χ0) is 20.4. The monoisotopic (exact) mass is 388 g/mol. The molecule has 2 N–H and O–H groups in total. The number of amides is 4. The number of aromatic nitrogens is 1. The molecule has 4 rings (SSSR count). The number of pyridine rings is 1. The van der Waals surface area contributed by atoms with E-state index in [0.717, 1.165) is 15.8 Å². The summed E-state index contributed by atoms with van der Waals surface area (Å²) in [5, 5.41) is 6.35. The average molecular weight is 388 g/mol. The first-order valence-corrected chi connectivity index (χ1v) is 9.38. The van der Waals surface area contributed by atoms with Gasteiger partial charge in [0.15, 0.2) is 0 Å². The lowest BCUT2D eigenvalue weighted by molar-refractivity contribution is -0.134. The van der Waals surface area contributed by atoms with Crippen LogP contribution in [0.25, 0.3) is 10.9 Å². The van der Waals surface area contributed by atoms with Gasteiger partial charge in [0.1, 0.15) is 12.1 Å². The van der Waals surface area contributed by atoms with Gasteiger partial charge in [-0.2, -0.15) is 0 Å². The number of carbonyl (C=O) groups is 3. The van der Waals surface area contributed by atoms with Crippen LogP contribution in [0.3, 0.4) is 0 Å². The molecule has 1 fully saturated rings. The lowest BCUT2D eigenvalue weighted by atomic mass is 9.87. The van der Waals surface area contributed by atoms with E-state index >= 15 is 0 Å². The van der Waals surface area contributed by atoms with E-state index in [1.807, 2.05) is 37.3 Å². The van der Waals surface area contributed by atoms with Crippen LogP contribution in [-0.4, -0.2) is 34.3 Å². The second-order valence-corrected chi connectivity index (χ2v) is 6.87. The number of rotatable bonds is 5. The Morgan fingerprint density at radius 2 is 1.86 bits per heavy atom. The van der Waals surface area contributed by atoms with Crippen molar-refractivity contribution in [2.24, 2.45) is 0 Å². The molecule has 3 aromatic rings. The lowest BCUT2D eigenvalue weighted by Crippen LogP contribution is -2.44. The molecule has 0 unspecified atom stereocenters. The zero-order valence-corrected chi connectivity index (χ0v) is 15.9. The summed E-state index contributed by atoms with van der Waals surface area (Å²) in [6.07, 6.45) is 2.06. The number of nitrogens with one attached hydrogen (secondary N) is 2. The summed E-state index contributed by atoms with van der Waals surface area (Å²) in [5.41, 5.74) is 0.873. The van der Waals surface area contributed by atoms with E-state index in [1.165, 1.54) is 0 Å². The van der Waals surface area contributed by atoms with Gasteiger partial charge in [-0.1, -0.05) is 43.3 Å². The average Bonchev–Trinajstić information content (AvgIpc) is 3.00. The molecule has 1 atom stereocenters. The van der Waals surface area contributed by atoms with Gasteiger partial charge in [-0.05, 0) is 36.2 Å². The molecular formula is C22H20N4O3. The van der Waals surface area contributed by atoms with Gasteiger partial charge in [0.05, 0.1) is 11.2 Å². The quantitative estimate of drug-likeness (QED) is 0.657. The van der Waals surface area contributed by atoms with E-state index in [1.54, 1.807) is 36.5 Å². The van der Waals surface area contributed by atoms with Crippen LogP contribution in [-0.2, 0) is 15.1 Å². The SMILES string of the molecule is CC[C@@]1(c2ccccc2)NC(=O)N(CC(=O)Nc2cccc3ncccc23)C1=O. The summed E-state index contributed by atoms with van der Waals surface area (Å²) in [5.74, 6) is -0.879. The van der Waals surface area contributed by atoms with Crippen molar-refractivity contribution in [3.05, 3.63) is 72.4 Å². The van der Waals surface area contributed by atoms with E-state index in [-0.39, 0.29) is 6.54 Å². The molecule has 0 spiro atoms. The van der Waals surface area contributed by atoms with Gasteiger partial charge >= 0.3 is 6.03 Å². The fourth-order valence-electron chi connectivity index (χ4n) is 3.68. The van der Waals surface area contributed by atoms with Gasteiger partial charge in [0.2, 0.25) is 5.91 Å². The highest BCUT2D eigenvalue weighted by Gasteiger charge is 2.51. The molecule has 1 aromatic heterocycles. The summed E-state index contributed by atoms with van der Waals surface area (Å²) in [4.78, 5) is 43.5. The molecule has 7 heteroatoms. The van der Waals surface area contributed by atoms with Gasteiger partial charge in [-0.25, -0.2) is 4.79 Å². The normalized spacial score (nSPS) is 18.7. The molecule has 0 aliphatic carbocycles. The summed E-state index contributed by atoms with van der Waals surface area (Å²) in [7, 11) is 0. The number of urea groups is 1. The first-order valence-electron chi connectivity index (χ1n) is 9.38. The Morgan fingerprint density at radius 3 is 2.62 bits per heavy atom. The molecule has 29 heavy (non-hydrogen) atoms. The summed E-state index contributed by atoms with van der Waals surface area (Å²) < 4.78 is 0. The molecule has 1 aliphatic heterocycles. The first-order chi connectivity index (χ1) is 14.0. The third-order valence-electron chi connectivity index (χ3n) is 5.19. The van der Waals surface area contributed by atoms with Gasteiger partial charge in [0, 0.05) is 11.6 Å². The topological polar surface area (TPSA) is 91.4 Å². The maximum Gasteiger partial charge on any atom is 0.325 e. The van der Waals surface area contributed by atoms with Crippen molar-refractivity contribution in [2.45, 2.75) is 18.9 Å². The predicted octanol–water partition coefficient (Wildman–Crippen LogP) is 3.03. The van der Waals surface area contributed by atoms with Crippen molar-refractivity contribution in [1.82, 2.24) is 15.2 Å². The molecule has 4 amide bonds. The van der Waals surface area contributed by atoms with Crippen LogP contribution in [0.1, 0.15) is 18.9 Å². The van der Waals surface area contributed by atoms with Crippen LogP contribution in [0.4, 0.5) is 10.5 Å². The summed E-state index contributed by atoms with van der Waals surface area (Å²) in [6, 6.07) is 17.5. The van der Waals surface area contributed by atoms with Crippen molar-refractivity contribution in [1.29, 1.82) is 0 Å². The molecule has 7 nitrogen and oxygen atoms in total. The number of carbonyl (C=O) groups excluding carboxylic acids is 3. The highest BCUT2D eigenvalue weighted by Crippen LogP contribution is 2.32. The Balaban J connectivity index is 1.55. The zero-order valence-electron chi connectivity index (χ0n) is 15.9. The minimum absolute atomic E-state index is 0.365. The maximum absolute atomic E-state index is 13.1. The summed E-state index contributed by atoms with van der Waals surface area (Å²) >= 11 is 0. The fourth-order valence-corrected chi connectivity index (χ4v) is 3.68. The van der Waals surface area contributed by atoms with Crippen molar-refractivity contribution < 1.29 is 14.4 Å². The molecule has 1 saturated heterocycles. The van der Waals surface area contributed by atoms with Crippen molar-refractivity contribution in [2.75, 3.05) is 11.9 Å². The van der Waals surface area contributed by atoms with E-state index in [2.05, 4.69) is 15.6 Å². The fraction of sp³-hybridized carbons (Fsp3) is 0.182. The highest BCUT2D eigenvalue weighted by atomic mass is 16.2. The second kappa shape index (κ2) is 7.35. The Kier molecular flexibility index (Phi) is 4.72. The molecule has 1 aliphatic rings. The van der Waals surface area contributed by atoms with Crippen molar-refractivity contribution in [3.8, 4) is 0 Å². The smallest absolute Gasteiger partial charge is 0.324 e. The van der Waals surface area contributed by atoms with Crippen LogP contribution in [0.15, 0.2) is 66.9 Å². The molecule has 2 aromatic carbocycles.